The smallest absolute Gasteiger partial charge is 0.261 e. The van der Waals surface area contributed by atoms with Crippen LogP contribution < -0.4 is 10.1 Å². The van der Waals surface area contributed by atoms with Crippen LogP contribution in [0.2, 0.25) is 10.0 Å². The number of hydrogen-bond acceptors (Lipinski definition) is 6. The van der Waals surface area contributed by atoms with E-state index in [0.29, 0.717) is 34.2 Å². The maximum atomic E-state index is 13.3. The molecule has 0 saturated carbocycles. The topological polar surface area (TPSA) is 98.5 Å². The molecule has 1 N–H and O–H groups in total. The van der Waals surface area contributed by atoms with Crippen molar-refractivity contribution in [2.45, 2.75) is 43.8 Å². The van der Waals surface area contributed by atoms with Crippen LogP contribution in [0.5, 0.6) is 5.75 Å². The molecule has 0 aliphatic rings. The number of methoxy groups -OCH3 is 1. The average Bonchev–Trinajstić information content (AvgIpc) is 3.15. The summed E-state index contributed by atoms with van der Waals surface area (Å²) >= 11 is 12.6. The first-order chi connectivity index (χ1) is 15.6. The summed E-state index contributed by atoms with van der Waals surface area (Å²) in [4.78, 5) is 13.4. The molecule has 2 aromatic carbocycles. The van der Waals surface area contributed by atoms with E-state index in [2.05, 4.69) is 10.5 Å². The van der Waals surface area contributed by atoms with Gasteiger partial charge in [0, 0.05) is 5.56 Å². The minimum Gasteiger partial charge on any atom is -0.495 e. The number of hydrogen-bond donors (Lipinski definition) is 1. The zero-order valence-corrected chi connectivity index (χ0v) is 20.9. The first-order valence-electron chi connectivity index (χ1n) is 10.3. The first kappa shape index (κ1) is 25.1. The Morgan fingerprint density at radius 2 is 1.79 bits per heavy atom. The van der Waals surface area contributed by atoms with Gasteiger partial charge in [-0.05, 0) is 50.1 Å². The third-order valence-corrected chi connectivity index (χ3v) is 8.47. The quantitative estimate of drug-likeness (QED) is 0.388. The Hall–Kier alpha value is -2.55. The molecule has 1 amide bonds. The largest absolute Gasteiger partial charge is 0.495 e. The Morgan fingerprint density at radius 1 is 1.15 bits per heavy atom. The number of anilines is 1. The van der Waals surface area contributed by atoms with Gasteiger partial charge in [0.05, 0.1) is 33.0 Å². The molecule has 33 heavy (non-hydrogen) atoms. The number of aromatic nitrogens is 1. The minimum absolute atomic E-state index is 0.101. The van der Waals surface area contributed by atoms with E-state index in [1.54, 1.807) is 25.1 Å². The Labute approximate surface area is 202 Å². The Kier molecular flexibility index (Phi) is 7.72. The minimum atomic E-state index is -3.58. The predicted molar refractivity (Wildman–Crippen MR) is 129 cm³/mol. The Balaban J connectivity index is 2.05. The van der Waals surface area contributed by atoms with Crippen LogP contribution in [0.25, 0.3) is 11.3 Å². The van der Waals surface area contributed by atoms with Gasteiger partial charge in [-0.1, -0.05) is 48.3 Å². The summed E-state index contributed by atoms with van der Waals surface area (Å²) in [5.41, 5.74) is 0.867. The maximum Gasteiger partial charge on any atom is 0.261 e. The molecular formula is C23H24Cl2N2O5S. The monoisotopic (exact) mass is 510 g/mol. The second kappa shape index (κ2) is 10.2. The summed E-state index contributed by atoms with van der Waals surface area (Å²) in [5.74, 6) is -0.0216. The molecule has 0 atom stereocenters. The van der Waals surface area contributed by atoms with Gasteiger partial charge in [-0.3, -0.25) is 4.79 Å². The first-order valence-corrected chi connectivity index (χ1v) is 12.6. The lowest BCUT2D eigenvalue weighted by Crippen LogP contribution is -2.20. The highest BCUT2D eigenvalue weighted by atomic mass is 35.5. The molecule has 10 heteroatoms. The number of carbonyl (C=O) groups is 1. The third-order valence-electron chi connectivity index (χ3n) is 5.39. The van der Waals surface area contributed by atoms with Gasteiger partial charge >= 0.3 is 0 Å². The third kappa shape index (κ3) is 4.88. The molecule has 0 unspecified atom stereocenters. The number of carbonyl (C=O) groups excluding carboxylic acids is 1. The number of sulfone groups is 1. The zero-order valence-electron chi connectivity index (χ0n) is 18.6. The number of nitrogens with zero attached hydrogens (tertiary/aromatic N) is 1. The standard InChI is InChI=1S/C23H24Cl2N2O5S/c1-5-14(6-2)33(29,30)15-10-11-19(31-4)18(12-15)26-23(28)20-13(3)32-27-22(20)21-16(24)8-7-9-17(21)25/h7-12,14H,5-6H2,1-4H3,(H,26,28). The molecule has 3 aromatic rings. The molecule has 1 heterocycles. The lowest BCUT2D eigenvalue weighted by atomic mass is 10.1. The van der Waals surface area contributed by atoms with Gasteiger partial charge in [-0.25, -0.2) is 8.42 Å². The molecule has 0 saturated heterocycles. The van der Waals surface area contributed by atoms with Crippen LogP contribution in [-0.4, -0.2) is 31.8 Å². The molecule has 176 valence electrons. The van der Waals surface area contributed by atoms with E-state index >= 15 is 0 Å². The second-order valence-corrected chi connectivity index (χ2v) is 10.4. The van der Waals surface area contributed by atoms with Crippen molar-refractivity contribution in [3.8, 4) is 17.0 Å². The van der Waals surface area contributed by atoms with Crippen molar-refractivity contribution < 1.29 is 22.5 Å². The van der Waals surface area contributed by atoms with Crippen molar-refractivity contribution in [2.75, 3.05) is 12.4 Å². The van der Waals surface area contributed by atoms with Gasteiger partial charge in [0.25, 0.3) is 5.91 Å². The molecule has 7 nitrogen and oxygen atoms in total. The molecule has 0 aliphatic heterocycles. The average molecular weight is 511 g/mol. The highest BCUT2D eigenvalue weighted by Gasteiger charge is 2.28. The van der Waals surface area contributed by atoms with E-state index < -0.39 is 21.0 Å². The van der Waals surface area contributed by atoms with Crippen molar-refractivity contribution in [3.05, 3.63) is 57.8 Å². The van der Waals surface area contributed by atoms with E-state index in [0.717, 1.165) is 0 Å². The molecule has 0 aliphatic carbocycles. The van der Waals surface area contributed by atoms with Crippen LogP contribution in [0.4, 0.5) is 5.69 Å². The lowest BCUT2D eigenvalue weighted by molar-refractivity contribution is 0.102. The van der Waals surface area contributed by atoms with Gasteiger partial charge in [-0.2, -0.15) is 0 Å². The van der Waals surface area contributed by atoms with Crippen LogP contribution in [0.1, 0.15) is 42.8 Å². The summed E-state index contributed by atoms with van der Waals surface area (Å²) in [5, 5.41) is 6.80. The van der Waals surface area contributed by atoms with Gasteiger partial charge in [0.15, 0.2) is 9.84 Å². The molecule has 0 fully saturated rings. The van der Waals surface area contributed by atoms with Crippen LogP contribution in [0, 0.1) is 6.92 Å². The second-order valence-electron chi connectivity index (χ2n) is 7.36. The number of ether oxygens (including phenoxy) is 1. The number of aryl methyl sites for hydroxylation is 1. The van der Waals surface area contributed by atoms with Crippen LogP contribution in [0.3, 0.4) is 0 Å². The summed E-state index contributed by atoms with van der Waals surface area (Å²) in [6.45, 7) is 5.24. The van der Waals surface area contributed by atoms with Crippen LogP contribution in [-0.2, 0) is 9.84 Å². The Bertz CT molecular complexity index is 1260. The van der Waals surface area contributed by atoms with Crippen LogP contribution >= 0.6 is 23.2 Å². The number of amides is 1. The molecular weight excluding hydrogens is 487 g/mol. The molecule has 0 radical (unpaired) electrons. The SMILES string of the molecule is CCC(CC)S(=O)(=O)c1ccc(OC)c(NC(=O)c2c(-c3c(Cl)cccc3Cl)noc2C)c1. The number of rotatable bonds is 8. The van der Waals surface area contributed by atoms with E-state index in [1.807, 2.05) is 13.8 Å². The van der Waals surface area contributed by atoms with Crippen molar-refractivity contribution in [1.82, 2.24) is 5.16 Å². The zero-order chi connectivity index (χ0) is 24.3. The van der Waals surface area contributed by atoms with E-state index in [4.69, 9.17) is 32.5 Å². The summed E-state index contributed by atoms with van der Waals surface area (Å²) in [6, 6.07) is 9.32. The van der Waals surface area contributed by atoms with Crippen molar-refractivity contribution >= 4 is 44.6 Å². The van der Waals surface area contributed by atoms with Crippen molar-refractivity contribution in [2.24, 2.45) is 0 Å². The fraction of sp³-hybridized carbons (Fsp3) is 0.304. The van der Waals surface area contributed by atoms with Crippen LogP contribution in [0.15, 0.2) is 45.8 Å². The highest BCUT2D eigenvalue weighted by Crippen LogP contribution is 2.37. The normalized spacial score (nSPS) is 11.6. The van der Waals surface area contributed by atoms with E-state index in [1.165, 1.54) is 25.3 Å². The number of nitrogens with one attached hydrogen (secondary N) is 1. The van der Waals surface area contributed by atoms with Gasteiger partial charge < -0.3 is 14.6 Å². The summed E-state index contributed by atoms with van der Waals surface area (Å²) in [6.07, 6.45) is 0.961. The van der Waals surface area contributed by atoms with Gasteiger partial charge in [0.1, 0.15) is 22.8 Å². The highest BCUT2D eigenvalue weighted by molar-refractivity contribution is 7.92. The predicted octanol–water partition coefficient (Wildman–Crippen LogP) is 6.18. The van der Waals surface area contributed by atoms with Gasteiger partial charge in [-0.15, -0.1) is 0 Å². The van der Waals surface area contributed by atoms with E-state index in [-0.39, 0.29) is 27.6 Å². The molecule has 1 aromatic heterocycles. The Morgan fingerprint density at radius 3 is 2.36 bits per heavy atom. The molecule has 0 bridgehead atoms. The lowest BCUT2D eigenvalue weighted by Gasteiger charge is -2.16. The number of benzene rings is 2. The number of halogens is 2. The van der Waals surface area contributed by atoms with Crippen molar-refractivity contribution in [3.63, 3.8) is 0 Å². The molecule has 3 rings (SSSR count). The fourth-order valence-electron chi connectivity index (χ4n) is 3.60. The maximum absolute atomic E-state index is 13.3. The molecule has 0 spiro atoms. The van der Waals surface area contributed by atoms with Gasteiger partial charge in [0.2, 0.25) is 0 Å². The van der Waals surface area contributed by atoms with E-state index in [9.17, 15) is 13.2 Å². The summed E-state index contributed by atoms with van der Waals surface area (Å²) < 4.78 is 36.6. The van der Waals surface area contributed by atoms with Crippen molar-refractivity contribution in [1.29, 1.82) is 0 Å². The summed E-state index contributed by atoms with van der Waals surface area (Å²) in [7, 11) is -2.15. The fourth-order valence-corrected chi connectivity index (χ4v) is 5.98.